The normalized spacial score (nSPS) is 16.6. The summed E-state index contributed by atoms with van der Waals surface area (Å²) in [7, 11) is 0. The van der Waals surface area contributed by atoms with Gasteiger partial charge in [0, 0.05) is 19.6 Å². The lowest BCUT2D eigenvalue weighted by Gasteiger charge is -2.33. The van der Waals surface area contributed by atoms with Crippen LogP contribution >= 0.6 is 11.6 Å². The molecule has 2 rings (SSSR count). The van der Waals surface area contributed by atoms with E-state index < -0.39 is 0 Å². The van der Waals surface area contributed by atoms with Crippen molar-refractivity contribution in [2.24, 2.45) is 5.92 Å². The van der Waals surface area contributed by atoms with E-state index in [0.29, 0.717) is 0 Å². The van der Waals surface area contributed by atoms with E-state index in [-0.39, 0.29) is 0 Å². The van der Waals surface area contributed by atoms with Crippen LogP contribution in [0.5, 0.6) is 0 Å². The molecule has 0 atom stereocenters. The Bertz CT molecular complexity index is 414. The first-order chi connectivity index (χ1) is 9.74. The third kappa shape index (κ3) is 4.10. The minimum Gasteiger partial charge on any atom is -0.357 e. The molecule has 0 unspecified atom stereocenters. The Balaban J connectivity index is 1.99. The maximum Gasteiger partial charge on any atom is 0.128 e. The van der Waals surface area contributed by atoms with Gasteiger partial charge in [0.05, 0.1) is 10.7 Å². The lowest BCUT2D eigenvalue weighted by Crippen LogP contribution is -2.34. The highest BCUT2D eigenvalue weighted by Crippen LogP contribution is 2.26. The van der Waals surface area contributed by atoms with Crippen molar-refractivity contribution in [2.45, 2.75) is 46.1 Å². The summed E-state index contributed by atoms with van der Waals surface area (Å²) in [6, 6.07) is 4.03. The van der Waals surface area contributed by atoms with Gasteiger partial charge in [0.2, 0.25) is 0 Å². The molecule has 0 spiro atoms. The highest BCUT2D eigenvalue weighted by Gasteiger charge is 2.20. The average molecular weight is 296 g/mol. The van der Waals surface area contributed by atoms with Gasteiger partial charge in [-0.3, -0.25) is 0 Å². The Labute approximate surface area is 127 Å². The quantitative estimate of drug-likeness (QED) is 0.864. The lowest BCUT2D eigenvalue weighted by molar-refractivity contribution is 0.377. The monoisotopic (exact) mass is 295 g/mol. The summed E-state index contributed by atoms with van der Waals surface area (Å²) in [6.07, 6.45) is 5.26. The molecule has 2 heterocycles. The van der Waals surface area contributed by atoms with Gasteiger partial charge in [-0.2, -0.15) is 0 Å². The predicted molar refractivity (Wildman–Crippen MR) is 86.5 cm³/mol. The molecule has 0 amide bonds. The Morgan fingerprint density at radius 2 is 2.05 bits per heavy atom. The molecule has 20 heavy (non-hydrogen) atoms. The van der Waals surface area contributed by atoms with Gasteiger partial charge >= 0.3 is 0 Å². The number of piperidine rings is 1. The van der Waals surface area contributed by atoms with E-state index in [9.17, 15) is 0 Å². The maximum absolute atomic E-state index is 6.21. The molecular formula is C16H26ClN3. The molecule has 1 aliphatic heterocycles. The van der Waals surface area contributed by atoms with Crippen molar-refractivity contribution in [3.63, 3.8) is 0 Å². The fourth-order valence-electron chi connectivity index (χ4n) is 2.88. The van der Waals surface area contributed by atoms with Gasteiger partial charge in [-0.05, 0) is 37.4 Å². The second-order valence-electron chi connectivity index (χ2n) is 5.60. The largest absolute Gasteiger partial charge is 0.357 e. The highest BCUT2D eigenvalue weighted by atomic mass is 35.5. The van der Waals surface area contributed by atoms with E-state index in [0.717, 1.165) is 48.6 Å². The standard InChI is InChI=1S/C16H26ClN3/c1-3-5-13-8-10-20(11-9-13)16-7-6-14(17)15(19-16)12-18-4-2/h6-7,13,18H,3-5,8-12H2,1-2H3. The molecule has 4 heteroatoms. The summed E-state index contributed by atoms with van der Waals surface area (Å²) in [4.78, 5) is 7.14. The van der Waals surface area contributed by atoms with Crippen LogP contribution in [0, 0.1) is 5.92 Å². The van der Waals surface area contributed by atoms with Gasteiger partial charge in [0.25, 0.3) is 0 Å². The van der Waals surface area contributed by atoms with Crippen molar-refractivity contribution in [3.05, 3.63) is 22.8 Å². The molecule has 0 aromatic carbocycles. The second kappa shape index (κ2) is 7.84. The zero-order valence-corrected chi connectivity index (χ0v) is 13.4. The molecule has 1 aromatic heterocycles. The van der Waals surface area contributed by atoms with Crippen LogP contribution in [0.3, 0.4) is 0 Å². The third-order valence-electron chi connectivity index (χ3n) is 4.08. The summed E-state index contributed by atoms with van der Waals surface area (Å²) in [6.45, 7) is 8.30. The smallest absolute Gasteiger partial charge is 0.128 e. The number of nitrogens with zero attached hydrogens (tertiary/aromatic N) is 2. The van der Waals surface area contributed by atoms with Gasteiger partial charge < -0.3 is 10.2 Å². The van der Waals surface area contributed by atoms with Crippen molar-refractivity contribution >= 4 is 17.4 Å². The van der Waals surface area contributed by atoms with Crippen molar-refractivity contribution in [2.75, 3.05) is 24.5 Å². The van der Waals surface area contributed by atoms with Crippen molar-refractivity contribution in [1.29, 1.82) is 0 Å². The van der Waals surface area contributed by atoms with E-state index in [1.807, 2.05) is 6.07 Å². The molecule has 3 nitrogen and oxygen atoms in total. The zero-order valence-electron chi connectivity index (χ0n) is 12.7. The summed E-state index contributed by atoms with van der Waals surface area (Å²) < 4.78 is 0. The molecular weight excluding hydrogens is 270 g/mol. The topological polar surface area (TPSA) is 28.2 Å². The molecule has 0 radical (unpaired) electrons. The molecule has 0 saturated carbocycles. The number of rotatable bonds is 6. The molecule has 1 N–H and O–H groups in total. The Hall–Kier alpha value is -0.800. The minimum absolute atomic E-state index is 0.746. The first-order valence-electron chi connectivity index (χ1n) is 7.85. The number of halogens is 1. The number of hydrogen-bond donors (Lipinski definition) is 1. The average Bonchev–Trinajstić information content (AvgIpc) is 2.48. The first kappa shape index (κ1) is 15.6. The van der Waals surface area contributed by atoms with E-state index in [4.69, 9.17) is 16.6 Å². The van der Waals surface area contributed by atoms with Crippen LogP contribution in [0.2, 0.25) is 5.02 Å². The van der Waals surface area contributed by atoms with E-state index in [1.165, 1.54) is 25.7 Å². The molecule has 1 saturated heterocycles. The van der Waals surface area contributed by atoms with Crippen LogP contribution in [-0.2, 0) is 6.54 Å². The Morgan fingerprint density at radius 3 is 2.70 bits per heavy atom. The van der Waals surface area contributed by atoms with Gasteiger partial charge in [-0.1, -0.05) is 38.3 Å². The number of hydrogen-bond acceptors (Lipinski definition) is 3. The number of aromatic nitrogens is 1. The van der Waals surface area contributed by atoms with Crippen LogP contribution in [0.1, 0.15) is 45.2 Å². The van der Waals surface area contributed by atoms with Crippen LogP contribution in [0.4, 0.5) is 5.82 Å². The van der Waals surface area contributed by atoms with Gasteiger partial charge in [0.1, 0.15) is 5.82 Å². The molecule has 112 valence electrons. The van der Waals surface area contributed by atoms with Crippen molar-refractivity contribution in [1.82, 2.24) is 10.3 Å². The van der Waals surface area contributed by atoms with E-state index in [1.54, 1.807) is 0 Å². The summed E-state index contributed by atoms with van der Waals surface area (Å²) in [5, 5.41) is 4.05. The van der Waals surface area contributed by atoms with E-state index >= 15 is 0 Å². The fraction of sp³-hybridized carbons (Fsp3) is 0.688. The fourth-order valence-corrected chi connectivity index (χ4v) is 3.05. The summed E-state index contributed by atoms with van der Waals surface area (Å²) >= 11 is 6.21. The maximum atomic E-state index is 6.21. The highest BCUT2D eigenvalue weighted by molar-refractivity contribution is 6.31. The molecule has 1 fully saturated rings. The molecule has 1 aliphatic rings. The summed E-state index contributed by atoms with van der Waals surface area (Å²) in [5.74, 6) is 1.99. The van der Waals surface area contributed by atoms with E-state index in [2.05, 4.69) is 30.1 Å². The van der Waals surface area contributed by atoms with Crippen molar-refractivity contribution in [3.8, 4) is 0 Å². The lowest BCUT2D eigenvalue weighted by atomic mass is 9.92. The van der Waals surface area contributed by atoms with Crippen LogP contribution in [0.15, 0.2) is 12.1 Å². The number of anilines is 1. The van der Waals surface area contributed by atoms with Crippen LogP contribution in [0.25, 0.3) is 0 Å². The second-order valence-corrected chi connectivity index (χ2v) is 6.00. The minimum atomic E-state index is 0.746. The Morgan fingerprint density at radius 1 is 1.30 bits per heavy atom. The summed E-state index contributed by atoms with van der Waals surface area (Å²) in [5.41, 5.74) is 0.960. The van der Waals surface area contributed by atoms with Crippen molar-refractivity contribution < 1.29 is 0 Å². The SMILES string of the molecule is CCCC1CCN(c2ccc(Cl)c(CNCC)n2)CC1. The van der Waals surface area contributed by atoms with Crippen LogP contribution < -0.4 is 10.2 Å². The number of pyridine rings is 1. The van der Waals surface area contributed by atoms with Gasteiger partial charge in [0.15, 0.2) is 0 Å². The van der Waals surface area contributed by atoms with Gasteiger partial charge in [-0.15, -0.1) is 0 Å². The Kier molecular flexibility index (Phi) is 6.11. The molecule has 0 bridgehead atoms. The number of nitrogens with one attached hydrogen (secondary N) is 1. The van der Waals surface area contributed by atoms with Gasteiger partial charge in [-0.25, -0.2) is 4.98 Å². The first-order valence-corrected chi connectivity index (χ1v) is 8.23. The zero-order chi connectivity index (χ0) is 14.4. The molecule has 0 aliphatic carbocycles. The molecule has 1 aromatic rings. The van der Waals surface area contributed by atoms with Crippen LogP contribution in [-0.4, -0.2) is 24.6 Å². The predicted octanol–water partition coefficient (Wildman–Crippen LogP) is 3.86. The third-order valence-corrected chi connectivity index (χ3v) is 4.43.